The van der Waals surface area contributed by atoms with Crippen LogP contribution in [0.1, 0.15) is 6.92 Å². The van der Waals surface area contributed by atoms with E-state index in [9.17, 15) is 9.59 Å². The summed E-state index contributed by atoms with van der Waals surface area (Å²) in [4.78, 5) is 20.5. The van der Waals surface area contributed by atoms with Gasteiger partial charge in [-0.1, -0.05) is 6.58 Å². The maximum Gasteiger partial charge on any atom is 0.332 e. The number of esters is 1. The number of aliphatic carboxylic acids is 1. The molecule has 0 aromatic rings. The molecule has 0 aliphatic carbocycles. The minimum Gasteiger partial charge on any atom is -0.480 e. The van der Waals surface area contributed by atoms with Crippen molar-refractivity contribution in [1.29, 1.82) is 0 Å². The summed E-state index contributed by atoms with van der Waals surface area (Å²) in [6.07, 6.45) is 0.104. The monoisotopic (exact) mass is 174 g/mol. The smallest absolute Gasteiger partial charge is 0.332 e. The van der Waals surface area contributed by atoms with E-state index in [0.717, 1.165) is 6.08 Å². The summed E-state index contributed by atoms with van der Waals surface area (Å²) in [6, 6.07) is 0. The number of carboxylic acids is 1. The number of ether oxygens (including phenoxy) is 2. The lowest BCUT2D eigenvalue weighted by atomic mass is 10.6. The summed E-state index contributed by atoms with van der Waals surface area (Å²) in [5.41, 5.74) is 0. The van der Waals surface area contributed by atoms with Gasteiger partial charge < -0.3 is 14.6 Å². The van der Waals surface area contributed by atoms with E-state index in [1.807, 2.05) is 0 Å². The fourth-order valence-electron chi connectivity index (χ4n) is 0.434. The maximum absolute atomic E-state index is 10.5. The average molecular weight is 174 g/mol. The van der Waals surface area contributed by atoms with Crippen LogP contribution in [-0.2, 0) is 19.1 Å². The molecule has 0 rings (SSSR count). The Kier molecular flexibility index (Phi) is 4.71. The van der Waals surface area contributed by atoms with Crippen molar-refractivity contribution in [2.45, 2.75) is 13.2 Å². The standard InChI is InChI=1S/C7H10O5/c1-3-7(10)12-5(2)11-4-6(8)9/h3,5H,1,4H2,2H3,(H,8,9). The van der Waals surface area contributed by atoms with Crippen molar-refractivity contribution >= 4 is 11.9 Å². The molecular formula is C7H10O5. The van der Waals surface area contributed by atoms with E-state index in [1.54, 1.807) is 0 Å². The van der Waals surface area contributed by atoms with Gasteiger partial charge in [0, 0.05) is 6.08 Å². The zero-order chi connectivity index (χ0) is 9.56. The molecular weight excluding hydrogens is 164 g/mol. The van der Waals surface area contributed by atoms with Gasteiger partial charge in [0.25, 0.3) is 0 Å². The second-order valence-electron chi connectivity index (χ2n) is 1.91. The quantitative estimate of drug-likeness (QED) is 0.365. The van der Waals surface area contributed by atoms with Gasteiger partial charge in [0.2, 0.25) is 6.29 Å². The predicted octanol–water partition coefficient (Wildman–Crippen LogP) is 0.163. The number of carboxylic acid groups (broad SMARTS) is 1. The molecule has 0 spiro atoms. The van der Waals surface area contributed by atoms with Gasteiger partial charge in [-0.3, -0.25) is 0 Å². The molecule has 0 aliphatic heterocycles. The first kappa shape index (κ1) is 10.6. The fourth-order valence-corrected chi connectivity index (χ4v) is 0.434. The summed E-state index contributed by atoms with van der Waals surface area (Å²) in [5.74, 6) is -1.76. The van der Waals surface area contributed by atoms with Crippen LogP contribution in [0.5, 0.6) is 0 Å². The van der Waals surface area contributed by atoms with E-state index < -0.39 is 24.8 Å². The molecule has 0 heterocycles. The molecule has 0 radical (unpaired) electrons. The van der Waals surface area contributed by atoms with Crippen molar-refractivity contribution in [3.8, 4) is 0 Å². The number of hydrogen-bond donors (Lipinski definition) is 1. The van der Waals surface area contributed by atoms with Gasteiger partial charge in [0.1, 0.15) is 6.61 Å². The van der Waals surface area contributed by atoms with Crippen molar-refractivity contribution in [3.05, 3.63) is 12.7 Å². The Labute approximate surface area is 69.6 Å². The lowest BCUT2D eigenvalue weighted by Crippen LogP contribution is -2.20. The average Bonchev–Trinajstić information content (AvgIpc) is 2.00. The van der Waals surface area contributed by atoms with Crippen LogP contribution in [0.25, 0.3) is 0 Å². The first-order valence-corrected chi connectivity index (χ1v) is 3.22. The van der Waals surface area contributed by atoms with Crippen molar-refractivity contribution in [1.82, 2.24) is 0 Å². The fraction of sp³-hybridized carbons (Fsp3) is 0.429. The van der Waals surface area contributed by atoms with E-state index in [0.29, 0.717) is 0 Å². The van der Waals surface area contributed by atoms with E-state index in [4.69, 9.17) is 5.11 Å². The predicted molar refractivity (Wildman–Crippen MR) is 39.3 cm³/mol. The molecule has 0 amide bonds. The molecule has 1 N–H and O–H groups in total. The first-order valence-electron chi connectivity index (χ1n) is 3.22. The number of carbonyl (C=O) groups is 2. The van der Waals surface area contributed by atoms with Gasteiger partial charge in [-0.15, -0.1) is 0 Å². The van der Waals surface area contributed by atoms with Gasteiger partial charge in [-0.05, 0) is 6.92 Å². The minimum absolute atomic E-state index is 0.494. The Hall–Kier alpha value is -1.36. The van der Waals surface area contributed by atoms with Gasteiger partial charge in [-0.2, -0.15) is 0 Å². The lowest BCUT2D eigenvalue weighted by Gasteiger charge is -2.10. The maximum atomic E-state index is 10.5. The summed E-state index contributed by atoms with van der Waals surface area (Å²) in [7, 11) is 0. The van der Waals surface area contributed by atoms with Gasteiger partial charge in [-0.25, -0.2) is 9.59 Å². The Bertz CT molecular complexity index is 186. The summed E-state index contributed by atoms with van der Waals surface area (Å²) < 4.78 is 9.09. The molecule has 68 valence electrons. The van der Waals surface area contributed by atoms with Crippen LogP contribution in [-0.4, -0.2) is 29.9 Å². The van der Waals surface area contributed by atoms with E-state index in [2.05, 4.69) is 16.1 Å². The van der Waals surface area contributed by atoms with Crippen LogP contribution in [0.15, 0.2) is 12.7 Å². The SMILES string of the molecule is C=CC(=O)OC(C)OCC(=O)O. The van der Waals surface area contributed by atoms with Crippen LogP contribution in [0, 0.1) is 0 Å². The molecule has 0 aliphatic rings. The molecule has 12 heavy (non-hydrogen) atoms. The van der Waals surface area contributed by atoms with Crippen LogP contribution in [0.3, 0.4) is 0 Å². The van der Waals surface area contributed by atoms with Crippen LogP contribution >= 0.6 is 0 Å². The Morgan fingerprint density at radius 3 is 2.67 bits per heavy atom. The Morgan fingerprint density at radius 2 is 2.25 bits per heavy atom. The van der Waals surface area contributed by atoms with Crippen LogP contribution in [0.4, 0.5) is 0 Å². The molecule has 0 saturated carbocycles. The highest BCUT2D eigenvalue weighted by atomic mass is 16.7. The van der Waals surface area contributed by atoms with E-state index in [1.165, 1.54) is 6.92 Å². The molecule has 5 nitrogen and oxygen atoms in total. The highest BCUT2D eigenvalue weighted by Crippen LogP contribution is 1.93. The number of rotatable bonds is 5. The molecule has 0 fully saturated rings. The molecule has 0 bridgehead atoms. The molecule has 5 heteroatoms. The third-order valence-corrected chi connectivity index (χ3v) is 0.890. The van der Waals surface area contributed by atoms with Crippen molar-refractivity contribution in [2.24, 2.45) is 0 Å². The van der Waals surface area contributed by atoms with E-state index >= 15 is 0 Å². The second kappa shape index (κ2) is 5.31. The van der Waals surface area contributed by atoms with Crippen LogP contribution in [0.2, 0.25) is 0 Å². The molecule has 1 atom stereocenters. The van der Waals surface area contributed by atoms with Gasteiger partial charge >= 0.3 is 11.9 Å². The number of hydrogen-bond acceptors (Lipinski definition) is 4. The topological polar surface area (TPSA) is 72.8 Å². The highest BCUT2D eigenvalue weighted by molar-refractivity contribution is 5.81. The summed E-state index contributed by atoms with van der Waals surface area (Å²) >= 11 is 0. The highest BCUT2D eigenvalue weighted by Gasteiger charge is 2.07. The van der Waals surface area contributed by atoms with Crippen molar-refractivity contribution in [2.75, 3.05) is 6.61 Å². The van der Waals surface area contributed by atoms with Crippen molar-refractivity contribution in [3.63, 3.8) is 0 Å². The minimum atomic E-state index is -1.11. The van der Waals surface area contributed by atoms with Crippen molar-refractivity contribution < 1.29 is 24.2 Å². The first-order chi connectivity index (χ1) is 5.56. The molecule has 0 saturated heterocycles. The van der Waals surface area contributed by atoms with Gasteiger partial charge in [0.15, 0.2) is 0 Å². The second-order valence-corrected chi connectivity index (χ2v) is 1.91. The summed E-state index contributed by atoms with van der Waals surface area (Å²) in [5, 5.41) is 8.17. The third kappa shape index (κ3) is 5.43. The van der Waals surface area contributed by atoms with Crippen LogP contribution < -0.4 is 0 Å². The lowest BCUT2D eigenvalue weighted by molar-refractivity contribution is -0.176. The molecule has 0 aromatic carbocycles. The molecule has 0 aromatic heterocycles. The zero-order valence-electron chi connectivity index (χ0n) is 6.65. The van der Waals surface area contributed by atoms with Gasteiger partial charge in [0.05, 0.1) is 0 Å². The summed E-state index contributed by atoms with van der Waals surface area (Å²) in [6.45, 7) is 4.09. The Balaban J connectivity index is 3.59. The third-order valence-electron chi connectivity index (χ3n) is 0.890. The van der Waals surface area contributed by atoms with E-state index in [-0.39, 0.29) is 0 Å². The zero-order valence-corrected chi connectivity index (χ0v) is 6.65. The largest absolute Gasteiger partial charge is 0.480 e. The normalized spacial score (nSPS) is 11.8. The number of carbonyl (C=O) groups excluding carboxylic acids is 1. The molecule has 1 unspecified atom stereocenters. The Morgan fingerprint density at radius 1 is 1.67 bits per heavy atom.